The third-order valence-electron chi connectivity index (χ3n) is 4.43. The summed E-state index contributed by atoms with van der Waals surface area (Å²) in [4.78, 5) is 28.1. The molecule has 1 saturated heterocycles. The van der Waals surface area contributed by atoms with E-state index < -0.39 is 0 Å². The predicted molar refractivity (Wildman–Crippen MR) is 104 cm³/mol. The number of carbonyl (C=O) groups excluding carboxylic acids is 2. The molecule has 0 saturated carbocycles. The van der Waals surface area contributed by atoms with E-state index in [0.717, 1.165) is 0 Å². The number of benzene rings is 2. The Morgan fingerprint density at radius 1 is 1.14 bits per heavy atom. The number of para-hydroxylation sites is 1. The zero-order valence-corrected chi connectivity index (χ0v) is 15.6. The van der Waals surface area contributed by atoms with Gasteiger partial charge >= 0.3 is 6.03 Å². The summed E-state index contributed by atoms with van der Waals surface area (Å²) in [6.07, 6.45) is 0. The van der Waals surface area contributed by atoms with Crippen molar-refractivity contribution in [1.29, 1.82) is 5.26 Å². The van der Waals surface area contributed by atoms with E-state index in [-0.39, 0.29) is 18.5 Å². The van der Waals surface area contributed by atoms with Gasteiger partial charge in [-0.3, -0.25) is 9.69 Å². The fraction of sp³-hybridized carbons (Fsp3) is 0.250. The molecule has 0 spiro atoms. The molecule has 8 heteroatoms. The molecule has 1 heterocycles. The Hall–Kier alpha value is -3.73. The molecule has 8 nitrogen and oxygen atoms in total. The monoisotopic (exact) mass is 380 g/mol. The molecule has 3 amide bonds. The molecule has 144 valence electrons. The number of urea groups is 1. The van der Waals surface area contributed by atoms with E-state index in [2.05, 4.69) is 5.32 Å². The van der Waals surface area contributed by atoms with E-state index in [0.29, 0.717) is 41.5 Å². The topological polar surface area (TPSA) is 94.9 Å². The molecule has 1 fully saturated rings. The summed E-state index contributed by atoms with van der Waals surface area (Å²) in [5.41, 5.74) is 1.47. The van der Waals surface area contributed by atoms with Crippen LogP contribution in [-0.4, -0.2) is 50.7 Å². The highest BCUT2D eigenvalue weighted by Crippen LogP contribution is 2.32. The van der Waals surface area contributed by atoms with Crippen LogP contribution in [0.2, 0.25) is 0 Å². The first kappa shape index (κ1) is 19.0. The zero-order valence-electron chi connectivity index (χ0n) is 15.6. The number of nitrogens with zero attached hydrogens (tertiary/aromatic N) is 3. The fourth-order valence-corrected chi connectivity index (χ4v) is 3.01. The maximum absolute atomic E-state index is 12.7. The van der Waals surface area contributed by atoms with Gasteiger partial charge < -0.3 is 19.7 Å². The second-order valence-electron chi connectivity index (χ2n) is 6.10. The van der Waals surface area contributed by atoms with E-state index in [1.165, 1.54) is 12.0 Å². The summed E-state index contributed by atoms with van der Waals surface area (Å²) >= 11 is 0. The summed E-state index contributed by atoms with van der Waals surface area (Å²) in [5.74, 6) is 0.743. The smallest absolute Gasteiger partial charge is 0.325 e. The second kappa shape index (κ2) is 8.31. The summed E-state index contributed by atoms with van der Waals surface area (Å²) < 4.78 is 10.5. The molecule has 3 rings (SSSR count). The third-order valence-corrected chi connectivity index (χ3v) is 4.43. The van der Waals surface area contributed by atoms with Crippen LogP contribution < -0.4 is 19.7 Å². The Bertz CT molecular complexity index is 938. The number of carbonyl (C=O) groups is 2. The zero-order chi connectivity index (χ0) is 20.1. The van der Waals surface area contributed by atoms with Crippen LogP contribution in [0.5, 0.6) is 11.5 Å². The highest BCUT2D eigenvalue weighted by molar-refractivity contribution is 6.00. The number of hydrogen-bond acceptors (Lipinski definition) is 5. The van der Waals surface area contributed by atoms with Gasteiger partial charge in [-0.15, -0.1) is 0 Å². The molecule has 0 atom stereocenters. The Labute approximate surface area is 162 Å². The molecule has 1 aliphatic rings. The van der Waals surface area contributed by atoms with Crippen molar-refractivity contribution in [3.8, 4) is 17.6 Å². The third kappa shape index (κ3) is 3.83. The molecular formula is C20H20N4O4. The van der Waals surface area contributed by atoms with Crippen molar-refractivity contribution in [3.05, 3.63) is 48.0 Å². The average Bonchev–Trinajstić information content (AvgIpc) is 3.07. The number of rotatable bonds is 6. The number of ether oxygens (including phenoxy) is 2. The average molecular weight is 380 g/mol. The molecule has 2 aromatic rings. The van der Waals surface area contributed by atoms with Crippen molar-refractivity contribution in [2.24, 2.45) is 0 Å². The highest BCUT2D eigenvalue weighted by atomic mass is 16.5. The van der Waals surface area contributed by atoms with Crippen LogP contribution in [0.15, 0.2) is 42.5 Å². The van der Waals surface area contributed by atoms with Gasteiger partial charge in [-0.05, 0) is 24.3 Å². The van der Waals surface area contributed by atoms with Crippen molar-refractivity contribution >= 4 is 23.3 Å². The van der Waals surface area contributed by atoms with E-state index in [9.17, 15) is 9.59 Å². The van der Waals surface area contributed by atoms with Crippen LogP contribution in [0.1, 0.15) is 5.56 Å². The number of methoxy groups -OCH3 is 2. The van der Waals surface area contributed by atoms with Gasteiger partial charge in [0.1, 0.15) is 12.6 Å². The molecule has 0 radical (unpaired) electrons. The van der Waals surface area contributed by atoms with E-state index in [4.69, 9.17) is 14.7 Å². The van der Waals surface area contributed by atoms with Crippen LogP contribution in [0.25, 0.3) is 0 Å². The summed E-state index contributed by atoms with van der Waals surface area (Å²) in [6, 6.07) is 13.7. The fourth-order valence-electron chi connectivity index (χ4n) is 3.01. The number of amides is 3. The van der Waals surface area contributed by atoms with Gasteiger partial charge in [0, 0.05) is 24.8 Å². The summed E-state index contributed by atoms with van der Waals surface area (Å²) in [5, 5.41) is 11.8. The quantitative estimate of drug-likeness (QED) is 0.831. The lowest BCUT2D eigenvalue weighted by Gasteiger charge is -2.19. The Morgan fingerprint density at radius 2 is 1.89 bits per heavy atom. The highest BCUT2D eigenvalue weighted by Gasteiger charge is 2.31. The molecule has 28 heavy (non-hydrogen) atoms. The van der Waals surface area contributed by atoms with E-state index >= 15 is 0 Å². The summed E-state index contributed by atoms with van der Waals surface area (Å²) in [6.45, 7) is 0.777. The second-order valence-corrected chi connectivity index (χ2v) is 6.10. The van der Waals surface area contributed by atoms with Gasteiger partial charge in [0.15, 0.2) is 11.5 Å². The molecule has 1 aliphatic heterocycles. The van der Waals surface area contributed by atoms with Gasteiger partial charge in [0.2, 0.25) is 5.91 Å². The van der Waals surface area contributed by atoms with Crippen molar-refractivity contribution in [2.75, 3.05) is 44.1 Å². The predicted octanol–water partition coefficient (Wildman–Crippen LogP) is 2.46. The number of anilines is 2. The van der Waals surface area contributed by atoms with Gasteiger partial charge in [-0.1, -0.05) is 12.1 Å². The first-order valence-corrected chi connectivity index (χ1v) is 8.65. The summed E-state index contributed by atoms with van der Waals surface area (Å²) in [7, 11) is 3.08. The standard InChI is InChI=1S/C20H20N4O4/c1-27-17-8-7-15(11-18(17)28-2)24-10-9-23(20(24)26)13-19(25)22-16-6-4-3-5-14(16)12-21/h3-8,11H,9-10,13H2,1-2H3,(H,22,25). The molecule has 2 aromatic carbocycles. The lowest BCUT2D eigenvalue weighted by atomic mass is 10.2. The lowest BCUT2D eigenvalue weighted by molar-refractivity contribution is -0.116. The van der Waals surface area contributed by atoms with E-state index in [1.54, 1.807) is 54.5 Å². The van der Waals surface area contributed by atoms with Crippen LogP contribution in [0.3, 0.4) is 0 Å². The first-order valence-electron chi connectivity index (χ1n) is 8.65. The number of nitrogens with one attached hydrogen (secondary N) is 1. The maximum Gasteiger partial charge on any atom is 0.325 e. The van der Waals surface area contributed by atoms with Crippen LogP contribution in [0, 0.1) is 11.3 Å². The van der Waals surface area contributed by atoms with Crippen LogP contribution >= 0.6 is 0 Å². The van der Waals surface area contributed by atoms with Crippen molar-refractivity contribution in [1.82, 2.24) is 4.90 Å². The lowest BCUT2D eigenvalue weighted by Crippen LogP contribution is -2.37. The largest absolute Gasteiger partial charge is 0.493 e. The normalized spacial score (nSPS) is 13.2. The van der Waals surface area contributed by atoms with Crippen LogP contribution in [0.4, 0.5) is 16.2 Å². The first-order chi connectivity index (χ1) is 13.6. The van der Waals surface area contributed by atoms with Crippen molar-refractivity contribution < 1.29 is 19.1 Å². The number of hydrogen-bond donors (Lipinski definition) is 1. The molecule has 0 unspecified atom stereocenters. The van der Waals surface area contributed by atoms with Gasteiger partial charge in [-0.2, -0.15) is 5.26 Å². The molecule has 0 aliphatic carbocycles. The van der Waals surface area contributed by atoms with Gasteiger partial charge in [0.05, 0.1) is 25.5 Å². The molecule has 0 bridgehead atoms. The maximum atomic E-state index is 12.7. The Balaban J connectivity index is 1.67. The number of nitriles is 1. The minimum Gasteiger partial charge on any atom is -0.493 e. The van der Waals surface area contributed by atoms with Crippen molar-refractivity contribution in [3.63, 3.8) is 0 Å². The van der Waals surface area contributed by atoms with Gasteiger partial charge in [-0.25, -0.2) is 4.79 Å². The Morgan fingerprint density at radius 3 is 2.61 bits per heavy atom. The minimum atomic E-state index is -0.356. The van der Waals surface area contributed by atoms with E-state index in [1.807, 2.05) is 6.07 Å². The van der Waals surface area contributed by atoms with Crippen LogP contribution in [-0.2, 0) is 4.79 Å². The molecular weight excluding hydrogens is 360 g/mol. The molecule has 1 N–H and O–H groups in total. The molecule has 0 aromatic heterocycles. The minimum absolute atomic E-state index is 0.0949. The van der Waals surface area contributed by atoms with Crippen molar-refractivity contribution in [2.45, 2.75) is 0 Å². The SMILES string of the molecule is COc1ccc(N2CCN(CC(=O)Nc3ccccc3C#N)C2=O)cc1OC. The van der Waals surface area contributed by atoms with Gasteiger partial charge in [0.25, 0.3) is 0 Å². The Kier molecular flexibility index (Phi) is 5.65.